The Labute approximate surface area is 110 Å². The van der Waals surface area contributed by atoms with E-state index >= 15 is 0 Å². The van der Waals surface area contributed by atoms with Gasteiger partial charge in [0.05, 0.1) is 5.56 Å². The molecule has 0 aliphatic carbocycles. The highest BCUT2D eigenvalue weighted by atomic mass is 16.4. The molecule has 0 saturated carbocycles. The minimum absolute atomic E-state index is 0.220. The fourth-order valence-electron chi connectivity index (χ4n) is 1.36. The van der Waals surface area contributed by atoms with Gasteiger partial charge in [0.2, 0.25) is 0 Å². The molecule has 0 spiro atoms. The second-order valence-electron chi connectivity index (χ2n) is 3.77. The van der Waals surface area contributed by atoms with Crippen molar-refractivity contribution in [2.45, 2.75) is 12.8 Å². The van der Waals surface area contributed by atoms with E-state index in [4.69, 9.17) is 10.9 Å². The molecule has 0 aliphatic heterocycles. The predicted octanol–water partition coefficient (Wildman–Crippen LogP) is 0.145. The summed E-state index contributed by atoms with van der Waals surface area (Å²) in [5.41, 5.74) is 2.82. The third-order valence-electron chi connectivity index (χ3n) is 2.34. The van der Waals surface area contributed by atoms with Gasteiger partial charge in [-0.3, -0.25) is 4.79 Å². The van der Waals surface area contributed by atoms with Crippen molar-refractivity contribution in [3.05, 3.63) is 23.9 Å². The molecule has 1 aromatic rings. The molecule has 0 unspecified atom stereocenters. The van der Waals surface area contributed by atoms with E-state index in [1.165, 1.54) is 6.20 Å². The van der Waals surface area contributed by atoms with Crippen LogP contribution in [0.25, 0.3) is 0 Å². The number of rotatable bonds is 7. The fraction of sp³-hybridized carbons (Fsp3) is 0.364. The number of nitrogens with zero attached hydrogens (tertiary/aromatic N) is 1. The molecule has 1 rings (SSSR count). The second-order valence-corrected chi connectivity index (χ2v) is 3.77. The minimum atomic E-state index is -1.04. The quantitative estimate of drug-likeness (QED) is 0.271. The Hall–Kier alpha value is -2.35. The number of hydrogen-bond donors (Lipinski definition) is 5. The summed E-state index contributed by atoms with van der Waals surface area (Å²) >= 11 is 0. The van der Waals surface area contributed by atoms with Crippen molar-refractivity contribution in [1.29, 1.82) is 0 Å². The van der Waals surface area contributed by atoms with Crippen LogP contribution in [0.15, 0.2) is 18.3 Å². The van der Waals surface area contributed by atoms with Gasteiger partial charge in [-0.15, -0.1) is 0 Å². The second kappa shape index (κ2) is 7.88. The molecule has 8 heteroatoms. The molecule has 2 amide bonds. The maximum atomic E-state index is 11.7. The van der Waals surface area contributed by atoms with Crippen LogP contribution in [-0.4, -0.2) is 35.2 Å². The first kappa shape index (κ1) is 14.7. The number of anilines is 1. The van der Waals surface area contributed by atoms with Crippen LogP contribution in [0.4, 0.5) is 10.6 Å². The average Bonchev–Trinajstić information content (AvgIpc) is 2.42. The molecule has 104 valence electrons. The number of unbranched alkanes of at least 4 members (excludes halogenated alkanes) is 1. The van der Waals surface area contributed by atoms with Gasteiger partial charge in [0.25, 0.3) is 5.91 Å². The molecule has 0 radical (unpaired) electrons. The minimum Gasteiger partial charge on any atom is -0.465 e. The average molecular weight is 267 g/mol. The van der Waals surface area contributed by atoms with Gasteiger partial charge in [-0.25, -0.2) is 15.6 Å². The molecule has 19 heavy (non-hydrogen) atoms. The summed E-state index contributed by atoms with van der Waals surface area (Å²) in [4.78, 5) is 25.8. The van der Waals surface area contributed by atoms with Crippen molar-refractivity contribution in [1.82, 2.24) is 15.6 Å². The zero-order valence-corrected chi connectivity index (χ0v) is 10.3. The van der Waals surface area contributed by atoms with E-state index in [-0.39, 0.29) is 5.91 Å². The lowest BCUT2D eigenvalue weighted by atomic mass is 10.2. The number of carbonyl (C=O) groups excluding carboxylic acids is 1. The first-order chi connectivity index (χ1) is 9.13. The highest BCUT2D eigenvalue weighted by Gasteiger charge is 2.04. The fourth-order valence-corrected chi connectivity index (χ4v) is 1.36. The lowest BCUT2D eigenvalue weighted by molar-refractivity contribution is 0.0952. The number of aromatic nitrogens is 1. The normalized spacial score (nSPS) is 9.74. The Bertz CT molecular complexity index is 421. The Morgan fingerprint density at radius 3 is 2.42 bits per heavy atom. The van der Waals surface area contributed by atoms with Gasteiger partial charge in [0.1, 0.15) is 5.82 Å². The molecule has 0 saturated heterocycles. The molecule has 0 aliphatic rings. The largest absolute Gasteiger partial charge is 0.465 e. The standard InChI is InChI=1S/C11H17N5O3/c12-16-9-4-3-8(7-15-9)10(17)13-5-1-2-6-14-11(18)19/h3-4,7,14H,1-2,5-6,12H2,(H,13,17)(H,15,16)(H,18,19). The number of nitrogens with one attached hydrogen (secondary N) is 3. The molecule has 1 aromatic heterocycles. The third kappa shape index (κ3) is 5.68. The van der Waals surface area contributed by atoms with Crippen molar-refractivity contribution in [2.75, 3.05) is 18.5 Å². The van der Waals surface area contributed by atoms with Crippen LogP contribution in [0, 0.1) is 0 Å². The highest BCUT2D eigenvalue weighted by Crippen LogP contribution is 2.03. The monoisotopic (exact) mass is 267 g/mol. The Balaban J connectivity index is 2.21. The predicted molar refractivity (Wildman–Crippen MR) is 69.6 cm³/mol. The Morgan fingerprint density at radius 2 is 1.89 bits per heavy atom. The van der Waals surface area contributed by atoms with E-state index in [0.717, 1.165) is 0 Å². The van der Waals surface area contributed by atoms with Crippen LogP contribution in [-0.2, 0) is 0 Å². The van der Waals surface area contributed by atoms with Gasteiger partial charge in [-0.1, -0.05) is 0 Å². The molecule has 0 fully saturated rings. The summed E-state index contributed by atoms with van der Waals surface area (Å²) < 4.78 is 0. The number of pyridine rings is 1. The summed E-state index contributed by atoms with van der Waals surface area (Å²) in [5.74, 6) is 5.43. The van der Waals surface area contributed by atoms with Crippen molar-refractivity contribution >= 4 is 17.8 Å². The van der Waals surface area contributed by atoms with Gasteiger partial charge in [0.15, 0.2) is 0 Å². The number of nitrogens with two attached hydrogens (primary N) is 1. The number of carboxylic acid groups (broad SMARTS) is 1. The van der Waals surface area contributed by atoms with Crippen LogP contribution in [0.1, 0.15) is 23.2 Å². The maximum absolute atomic E-state index is 11.7. The molecule has 1 heterocycles. The number of amides is 2. The molecule has 6 N–H and O–H groups in total. The highest BCUT2D eigenvalue weighted by molar-refractivity contribution is 5.93. The molecule has 8 nitrogen and oxygen atoms in total. The third-order valence-corrected chi connectivity index (χ3v) is 2.34. The summed E-state index contributed by atoms with van der Waals surface area (Å²) in [6, 6.07) is 3.22. The molecular weight excluding hydrogens is 250 g/mol. The van der Waals surface area contributed by atoms with E-state index in [1.807, 2.05) is 0 Å². The number of nitrogen functional groups attached to an aromatic ring is 1. The van der Waals surface area contributed by atoms with Crippen LogP contribution in [0.2, 0.25) is 0 Å². The number of hydrazine groups is 1. The maximum Gasteiger partial charge on any atom is 0.404 e. The number of hydrogen-bond acceptors (Lipinski definition) is 5. The lowest BCUT2D eigenvalue weighted by Crippen LogP contribution is -2.26. The summed E-state index contributed by atoms with van der Waals surface area (Å²) in [5, 5.41) is 13.3. The van der Waals surface area contributed by atoms with Crippen molar-refractivity contribution in [3.63, 3.8) is 0 Å². The van der Waals surface area contributed by atoms with E-state index in [9.17, 15) is 9.59 Å². The van der Waals surface area contributed by atoms with Crippen LogP contribution in [0.3, 0.4) is 0 Å². The van der Waals surface area contributed by atoms with Gasteiger partial charge in [-0.05, 0) is 25.0 Å². The number of carbonyl (C=O) groups is 2. The summed E-state index contributed by atoms with van der Waals surface area (Å²) in [6.07, 6.45) is 1.75. The zero-order valence-electron chi connectivity index (χ0n) is 10.3. The van der Waals surface area contributed by atoms with Gasteiger partial charge in [-0.2, -0.15) is 0 Å². The SMILES string of the molecule is NNc1ccc(C(=O)NCCCCNC(=O)O)cn1. The van der Waals surface area contributed by atoms with Gasteiger partial charge >= 0.3 is 6.09 Å². The topological polar surface area (TPSA) is 129 Å². The van der Waals surface area contributed by atoms with Gasteiger partial charge in [0, 0.05) is 19.3 Å². The van der Waals surface area contributed by atoms with Crippen LogP contribution in [0.5, 0.6) is 0 Å². The van der Waals surface area contributed by atoms with Crippen LogP contribution >= 0.6 is 0 Å². The first-order valence-corrected chi connectivity index (χ1v) is 5.81. The molecular formula is C11H17N5O3. The zero-order chi connectivity index (χ0) is 14.1. The molecule has 0 atom stereocenters. The van der Waals surface area contributed by atoms with E-state index in [1.54, 1.807) is 12.1 Å². The summed E-state index contributed by atoms with van der Waals surface area (Å²) in [6.45, 7) is 0.862. The van der Waals surface area contributed by atoms with Gasteiger partial charge < -0.3 is 21.2 Å². The molecule has 0 aromatic carbocycles. The summed E-state index contributed by atoms with van der Waals surface area (Å²) in [7, 11) is 0. The first-order valence-electron chi connectivity index (χ1n) is 5.81. The lowest BCUT2D eigenvalue weighted by Gasteiger charge is -2.05. The van der Waals surface area contributed by atoms with Crippen molar-refractivity contribution in [3.8, 4) is 0 Å². The van der Waals surface area contributed by atoms with Crippen molar-refractivity contribution in [2.24, 2.45) is 5.84 Å². The van der Waals surface area contributed by atoms with Crippen molar-refractivity contribution < 1.29 is 14.7 Å². The Kier molecular flexibility index (Phi) is 6.10. The van der Waals surface area contributed by atoms with Crippen LogP contribution < -0.4 is 21.9 Å². The van der Waals surface area contributed by atoms with E-state index < -0.39 is 6.09 Å². The smallest absolute Gasteiger partial charge is 0.404 e. The van der Waals surface area contributed by atoms with E-state index in [0.29, 0.717) is 37.3 Å². The Morgan fingerprint density at radius 1 is 1.21 bits per heavy atom. The molecule has 0 bridgehead atoms. The van der Waals surface area contributed by atoms with E-state index in [2.05, 4.69) is 21.0 Å².